The van der Waals surface area contributed by atoms with Crippen LogP contribution in [0.3, 0.4) is 0 Å². The van der Waals surface area contributed by atoms with E-state index in [0.29, 0.717) is 24.2 Å². The van der Waals surface area contributed by atoms with Gasteiger partial charge in [0.1, 0.15) is 5.75 Å². The number of rotatable bonds is 6. The van der Waals surface area contributed by atoms with Crippen LogP contribution in [-0.4, -0.2) is 43.0 Å². The average molecular weight is 318 g/mol. The van der Waals surface area contributed by atoms with Crippen LogP contribution in [0.1, 0.15) is 25.3 Å². The fraction of sp³-hybridized carbons (Fsp3) is 0.529. The molecule has 0 radical (unpaired) electrons. The Morgan fingerprint density at radius 1 is 1.35 bits per heavy atom. The molecule has 0 spiro atoms. The second-order valence-corrected chi connectivity index (χ2v) is 6.08. The lowest BCUT2D eigenvalue weighted by atomic mass is 10.0. The quantitative estimate of drug-likeness (QED) is 0.607. The minimum atomic E-state index is -0.481. The van der Waals surface area contributed by atoms with Crippen LogP contribution in [0.15, 0.2) is 29.3 Å². The summed E-state index contributed by atoms with van der Waals surface area (Å²) in [5.74, 6) is 1.49. The molecular weight excluding hydrogens is 292 g/mol. The van der Waals surface area contributed by atoms with E-state index in [1.165, 1.54) is 12.8 Å². The van der Waals surface area contributed by atoms with Gasteiger partial charge in [-0.1, -0.05) is 19.1 Å². The molecule has 1 heterocycles. The first-order chi connectivity index (χ1) is 11.0. The maximum atomic E-state index is 10.7. The number of carbonyl (C=O) groups is 1. The van der Waals surface area contributed by atoms with Crippen LogP contribution >= 0.6 is 0 Å². The molecule has 1 atom stereocenters. The van der Waals surface area contributed by atoms with Crippen LogP contribution in [0.5, 0.6) is 5.75 Å². The first-order valence-corrected chi connectivity index (χ1v) is 8.09. The number of nitrogens with two attached hydrogens (primary N) is 2. The number of piperidine rings is 1. The molecule has 1 aliphatic heterocycles. The molecule has 1 aromatic rings. The van der Waals surface area contributed by atoms with Gasteiger partial charge in [-0.25, -0.2) is 0 Å². The van der Waals surface area contributed by atoms with Crippen molar-refractivity contribution in [2.75, 3.05) is 26.2 Å². The van der Waals surface area contributed by atoms with Gasteiger partial charge in [-0.3, -0.25) is 9.79 Å². The van der Waals surface area contributed by atoms with Gasteiger partial charge in [0.25, 0.3) is 5.91 Å². The van der Waals surface area contributed by atoms with Crippen molar-refractivity contribution in [2.45, 2.75) is 26.2 Å². The third-order valence-electron chi connectivity index (χ3n) is 3.96. The fourth-order valence-corrected chi connectivity index (χ4v) is 2.70. The lowest BCUT2D eigenvalue weighted by Crippen LogP contribution is -2.43. The number of likely N-dealkylation sites (tertiary alicyclic amines) is 1. The van der Waals surface area contributed by atoms with Crippen molar-refractivity contribution in [1.29, 1.82) is 0 Å². The molecule has 23 heavy (non-hydrogen) atoms. The molecule has 1 unspecified atom stereocenters. The van der Waals surface area contributed by atoms with E-state index in [1.54, 1.807) is 0 Å². The number of benzene rings is 1. The zero-order valence-corrected chi connectivity index (χ0v) is 13.7. The SMILES string of the molecule is CC1CCCN(C(N)=NCCc2ccc(OCC(N)=O)cc2)C1. The summed E-state index contributed by atoms with van der Waals surface area (Å²) in [5, 5.41) is 0. The van der Waals surface area contributed by atoms with Crippen LogP contribution in [-0.2, 0) is 11.2 Å². The van der Waals surface area contributed by atoms with Crippen molar-refractivity contribution in [3.05, 3.63) is 29.8 Å². The van der Waals surface area contributed by atoms with Crippen molar-refractivity contribution in [3.63, 3.8) is 0 Å². The summed E-state index contributed by atoms with van der Waals surface area (Å²) >= 11 is 0. The van der Waals surface area contributed by atoms with Crippen molar-refractivity contribution >= 4 is 11.9 Å². The highest BCUT2D eigenvalue weighted by Crippen LogP contribution is 2.15. The third-order valence-corrected chi connectivity index (χ3v) is 3.96. The van der Waals surface area contributed by atoms with E-state index in [9.17, 15) is 4.79 Å². The minimum absolute atomic E-state index is 0.103. The summed E-state index contributed by atoms with van der Waals surface area (Å²) in [4.78, 5) is 17.3. The topological polar surface area (TPSA) is 93.9 Å². The number of hydrogen-bond donors (Lipinski definition) is 2. The minimum Gasteiger partial charge on any atom is -0.484 e. The van der Waals surface area contributed by atoms with E-state index < -0.39 is 5.91 Å². The zero-order chi connectivity index (χ0) is 16.7. The van der Waals surface area contributed by atoms with Gasteiger partial charge >= 0.3 is 0 Å². The molecule has 0 aliphatic carbocycles. The lowest BCUT2D eigenvalue weighted by molar-refractivity contribution is -0.119. The molecular formula is C17H26N4O2. The molecule has 1 amide bonds. The van der Waals surface area contributed by atoms with Crippen molar-refractivity contribution in [1.82, 2.24) is 4.90 Å². The van der Waals surface area contributed by atoms with Gasteiger partial charge in [0.2, 0.25) is 0 Å². The lowest BCUT2D eigenvalue weighted by Gasteiger charge is -2.31. The number of amides is 1. The Labute approximate surface area is 137 Å². The molecule has 6 nitrogen and oxygen atoms in total. The van der Waals surface area contributed by atoms with E-state index in [1.807, 2.05) is 24.3 Å². The van der Waals surface area contributed by atoms with Crippen LogP contribution in [0.4, 0.5) is 0 Å². The van der Waals surface area contributed by atoms with Crippen LogP contribution < -0.4 is 16.2 Å². The summed E-state index contributed by atoms with van der Waals surface area (Å²) in [6.45, 7) is 4.82. The van der Waals surface area contributed by atoms with Crippen LogP contribution in [0, 0.1) is 5.92 Å². The van der Waals surface area contributed by atoms with Crippen LogP contribution in [0.25, 0.3) is 0 Å². The Morgan fingerprint density at radius 2 is 2.09 bits per heavy atom. The van der Waals surface area contributed by atoms with E-state index in [-0.39, 0.29) is 6.61 Å². The number of carbonyl (C=O) groups excluding carboxylic acids is 1. The van der Waals surface area contributed by atoms with E-state index in [4.69, 9.17) is 16.2 Å². The number of ether oxygens (including phenoxy) is 1. The summed E-state index contributed by atoms with van der Waals surface area (Å²) in [6.07, 6.45) is 3.28. The number of hydrogen-bond acceptors (Lipinski definition) is 3. The molecule has 1 fully saturated rings. The Hall–Kier alpha value is -2.24. The molecule has 1 aliphatic rings. The molecule has 4 N–H and O–H groups in total. The van der Waals surface area contributed by atoms with E-state index >= 15 is 0 Å². The summed E-state index contributed by atoms with van der Waals surface area (Å²) < 4.78 is 5.23. The first-order valence-electron chi connectivity index (χ1n) is 8.09. The molecule has 6 heteroatoms. The third kappa shape index (κ3) is 5.81. The van der Waals surface area contributed by atoms with Crippen molar-refractivity contribution < 1.29 is 9.53 Å². The Balaban J connectivity index is 1.78. The fourth-order valence-electron chi connectivity index (χ4n) is 2.70. The Morgan fingerprint density at radius 3 is 2.74 bits per heavy atom. The number of aliphatic imine (C=N–C) groups is 1. The summed E-state index contributed by atoms with van der Waals surface area (Å²) in [6, 6.07) is 7.59. The highest BCUT2D eigenvalue weighted by atomic mass is 16.5. The second-order valence-electron chi connectivity index (χ2n) is 6.08. The molecule has 0 saturated carbocycles. The highest BCUT2D eigenvalue weighted by molar-refractivity contribution is 5.78. The Bertz CT molecular complexity index is 542. The monoisotopic (exact) mass is 318 g/mol. The van der Waals surface area contributed by atoms with Gasteiger partial charge in [0.15, 0.2) is 12.6 Å². The normalized spacial score (nSPS) is 18.7. The smallest absolute Gasteiger partial charge is 0.255 e. The largest absolute Gasteiger partial charge is 0.484 e. The standard InChI is InChI=1S/C17H26N4O2/c1-13-3-2-10-21(11-13)17(19)20-9-8-14-4-6-15(7-5-14)23-12-16(18)22/h4-7,13H,2-3,8-12H2,1H3,(H2,18,22)(H2,19,20). The second kappa shape index (κ2) is 8.41. The number of primary amides is 1. The number of nitrogens with zero attached hydrogens (tertiary/aromatic N) is 2. The molecule has 1 aromatic carbocycles. The van der Waals surface area contributed by atoms with Crippen LogP contribution in [0.2, 0.25) is 0 Å². The predicted molar refractivity (Wildman–Crippen MR) is 91.3 cm³/mol. The molecule has 0 bridgehead atoms. The number of guanidine groups is 1. The first kappa shape index (κ1) is 17.1. The van der Waals surface area contributed by atoms with Gasteiger partial charge in [-0.05, 0) is 42.9 Å². The van der Waals surface area contributed by atoms with Gasteiger partial charge < -0.3 is 21.1 Å². The maximum Gasteiger partial charge on any atom is 0.255 e. The van der Waals surface area contributed by atoms with Gasteiger partial charge in [0.05, 0.1) is 0 Å². The van der Waals surface area contributed by atoms with Gasteiger partial charge in [0, 0.05) is 19.6 Å². The molecule has 2 rings (SSSR count). The van der Waals surface area contributed by atoms with Crippen molar-refractivity contribution in [3.8, 4) is 5.75 Å². The van der Waals surface area contributed by atoms with E-state index in [2.05, 4.69) is 16.8 Å². The summed E-state index contributed by atoms with van der Waals surface area (Å²) in [5.41, 5.74) is 12.3. The Kier molecular flexibility index (Phi) is 6.26. The summed E-state index contributed by atoms with van der Waals surface area (Å²) in [7, 11) is 0. The zero-order valence-electron chi connectivity index (χ0n) is 13.7. The predicted octanol–water partition coefficient (Wildman–Crippen LogP) is 1.14. The highest BCUT2D eigenvalue weighted by Gasteiger charge is 2.17. The maximum absolute atomic E-state index is 10.7. The van der Waals surface area contributed by atoms with E-state index in [0.717, 1.165) is 25.1 Å². The molecule has 1 saturated heterocycles. The molecule has 0 aromatic heterocycles. The van der Waals surface area contributed by atoms with Crippen molar-refractivity contribution in [2.24, 2.45) is 22.4 Å². The average Bonchev–Trinajstić information content (AvgIpc) is 2.54. The van der Waals surface area contributed by atoms with Gasteiger partial charge in [-0.2, -0.15) is 0 Å². The van der Waals surface area contributed by atoms with Gasteiger partial charge in [-0.15, -0.1) is 0 Å². The molecule has 126 valence electrons.